The van der Waals surface area contributed by atoms with E-state index >= 15 is 0 Å². The number of halogens is 2. The van der Waals surface area contributed by atoms with Gasteiger partial charge in [0.15, 0.2) is 0 Å². The highest BCUT2D eigenvalue weighted by Crippen LogP contribution is 2.55. The van der Waals surface area contributed by atoms with Crippen LogP contribution in [0, 0.1) is 9.39 Å². The van der Waals surface area contributed by atoms with Gasteiger partial charge in [-0.15, -0.1) is 0 Å². The molecule has 138 valence electrons. The summed E-state index contributed by atoms with van der Waals surface area (Å²) in [4.78, 5) is 0. The second-order valence-electron chi connectivity index (χ2n) is 7.46. The third-order valence-corrected chi connectivity index (χ3v) is 5.13. The molecular weight excluding hydrogens is 447 g/mol. The zero-order valence-electron chi connectivity index (χ0n) is 14.9. The summed E-state index contributed by atoms with van der Waals surface area (Å²) in [6, 6.07) is 3.82. The Hall–Kier alpha value is -0.0500. The van der Waals surface area contributed by atoms with Crippen molar-refractivity contribution >= 4 is 30.4 Å². The summed E-state index contributed by atoms with van der Waals surface area (Å²) in [5, 5.41) is 0. The highest BCUT2D eigenvalue weighted by atomic mass is 127. The summed E-state index contributed by atoms with van der Waals surface area (Å²) >= 11 is 2.00. The largest absolute Gasteiger partial charge is 0.475 e. The van der Waals surface area contributed by atoms with E-state index in [1.165, 1.54) is 12.1 Å². The minimum absolute atomic E-state index is 0.122. The van der Waals surface area contributed by atoms with Crippen LogP contribution in [-0.2, 0) is 18.1 Å². The first-order chi connectivity index (χ1) is 10.7. The molecule has 0 fully saturated rings. The molecule has 5 nitrogen and oxygen atoms in total. The minimum Gasteiger partial charge on any atom is -0.322 e. The SMILES string of the molecule is CC(C)(C)OP(=O)(OC[C@H](N)c1cc(F)cc(I)c1)OC(C)(C)C. The Morgan fingerprint density at radius 3 is 2.04 bits per heavy atom. The number of phosphoric ester groups is 1. The quantitative estimate of drug-likeness (QED) is 0.455. The molecule has 0 bridgehead atoms. The van der Waals surface area contributed by atoms with Crippen molar-refractivity contribution < 1.29 is 22.5 Å². The van der Waals surface area contributed by atoms with Crippen molar-refractivity contribution in [1.29, 1.82) is 0 Å². The molecule has 0 radical (unpaired) electrons. The topological polar surface area (TPSA) is 70.8 Å². The molecule has 8 heteroatoms. The van der Waals surface area contributed by atoms with Gasteiger partial charge in [-0.3, -0.25) is 13.6 Å². The summed E-state index contributed by atoms with van der Waals surface area (Å²) in [5.74, 6) is -0.382. The van der Waals surface area contributed by atoms with E-state index in [-0.39, 0.29) is 12.4 Å². The molecule has 0 aromatic heterocycles. The number of hydrogen-bond donors (Lipinski definition) is 1. The van der Waals surface area contributed by atoms with Crippen molar-refractivity contribution in [3.63, 3.8) is 0 Å². The van der Waals surface area contributed by atoms with Crippen molar-refractivity contribution in [3.8, 4) is 0 Å². The van der Waals surface area contributed by atoms with E-state index in [1.807, 2.05) is 22.6 Å². The average molecular weight is 473 g/mol. The fourth-order valence-electron chi connectivity index (χ4n) is 1.80. The fraction of sp³-hybridized carbons (Fsp3) is 0.625. The molecule has 0 aliphatic carbocycles. The first-order valence-electron chi connectivity index (χ1n) is 7.57. The highest BCUT2D eigenvalue weighted by molar-refractivity contribution is 14.1. The zero-order valence-corrected chi connectivity index (χ0v) is 18.0. The van der Waals surface area contributed by atoms with Crippen LogP contribution in [0.5, 0.6) is 0 Å². The monoisotopic (exact) mass is 473 g/mol. The molecule has 0 aliphatic rings. The lowest BCUT2D eigenvalue weighted by atomic mass is 10.1. The van der Waals surface area contributed by atoms with Crippen LogP contribution in [0.3, 0.4) is 0 Å². The van der Waals surface area contributed by atoms with Crippen molar-refractivity contribution in [3.05, 3.63) is 33.1 Å². The predicted octanol–water partition coefficient (Wildman–Crippen LogP) is 5.19. The number of phosphoric acid groups is 1. The molecule has 0 aliphatic heterocycles. The Morgan fingerprint density at radius 1 is 1.12 bits per heavy atom. The van der Waals surface area contributed by atoms with Gasteiger partial charge in [-0.25, -0.2) is 8.96 Å². The van der Waals surface area contributed by atoms with Crippen LogP contribution < -0.4 is 5.73 Å². The van der Waals surface area contributed by atoms with Crippen LogP contribution >= 0.6 is 30.4 Å². The van der Waals surface area contributed by atoms with Crippen LogP contribution in [0.1, 0.15) is 53.1 Å². The molecule has 0 spiro atoms. The lowest BCUT2D eigenvalue weighted by molar-refractivity contribution is 0.00178. The normalized spacial score (nSPS) is 14.7. The van der Waals surface area contributed by atoms with Crippen molar-refractivity contribution in [2.45, 2.75) is 58.8 Å². The zero-order chi connectivity index (χ0) is 18.8. The molecule has 0 saturated carbocycles. The summed E-state index contributed by atoms with van der Waals surface area (Å²) in [6.07, 6.45) is 0. The van der Waals surface area contributed by atoms with E-state index in [1.54, 1.807) is 47.6 Å². The molecule has 1 aromatic carbocycles. The van der Waals surface area contributed by atoms with Gasteiger partial charge in [-0.05, 0) is 87.9 Å². The maximum atomic E-state index is 13.5. The van der Waals surface area contributed by atoms with Crippen LogP contribution in [0.15, 0.2) is 18.2 Å². The maximum Gasteiger partial charge on any atom is 0.475 e. The second-order valence-corrected chi connectivity index (χ2v) is 10.2. The van der Waals surface area contributed by atoms with E-state index in [0.717, 1.165) is 3.57 Å². The van der Waals surface area contributed by atoms with Crippen LogP contribution in [-0.4, -0.2) is 17.8 Å². The van der Waals surface area contributed by atoms with Crippen molar-refractivity contribution in [2.24, 2.45) is 5.73 Å². The maximum absolute atomic E-state index is 13.5. The number of nitrogens with two attached hydrogens (primary N) is 1. The molecule has 0 heterocycles. The summed E-state index contributed by atoms with van der Waals surface area (Å²) < 4.78 is 43.6. The van der Waals surface area contributed by atoms with Gasteiger partial charge in [0, 0.05) is 3.57 Å². The molecule has 24 heavy (non-hydrogen) atoms. The number of hydrogen-bond acceptors (Lipinski definition) is 5. The Morgan fingerprint density at radius 2 is 1.62 bits per heavy atom. The lowest BCUT2D eigenvalue weighted by Gasteiger charge is -2.31. The first kappa shape index (κ1) is 22.0. The molecular formula is C16H26FINO4P. The Bertz CT molecular complexity index is 573. The van der Waals surface area contributed by atoms with Gasteiger partial charge in [0.1, 0.15) is 5.82 Å². The van der Waals surface area contributed by atoms with Crippen molar-refractivity contribution in [2.75, 3.05) is 6.61 Å². The number of benzene rings is 1. The molecule has 0 saturated heterocycles. The van der Waals surface area contributed by atoms with Gasteiger partial charge in [-0.2, -0.15) is 0 Å². The van der Waals surface area contributed by atoms with Gasteiger partial charge in [0.25, 0.3) is 0 Å². The second kappa shape index (κ2) is 8.10. The molecule has 1 aromatic rings. The molecule has 0 amide bonds. The third-order valence-electron chi connectivity index (χ3n) is 2.50. The van der Waals surface area contributed by atoms with Gasteiger partial charge >= 0.3 is 7.82 Å². The van der Waals surface area contributed by atoms with Crippen LogP contribution in [0.4, 0.5) is 4.39 Å². The fourth-order valence-corrected chi connectivity index (χ4v) is 4.28. The smallest absolute Gasteiger partial charge is 0.322 e. The molecule has 0 unspecified atom stereocenters. The summed E-state index contributed by atoms with van der Waals surface area (Å²) in [5.41, 5.74) is 5.15. The van der Waals surface area contributed by atoms with Crippen LogP contribution in [0.2, 0.25) is 0 Å². The third kappa shape index (κ3) is 8.36. The van der Waals surface area contributed by atoms with Gasteiger partial charge in [-0.1, -0.05) is 0 Å². The Kier molecular flexibility index (Phi) is 7.42. The van der Waals surface area contributed by atoms with E-state index < -0.39 is 25.1 Å². The standard InChI is InChI=1S/C16H26FINO4P/c1-15(2,3)22-24(20,23-16(4,5)6)21-10-14(19)11-7-12(17)9-13(18)8-11/h7-9,14H,10,19H2,1-6H3/t14-/m0/s1. The lowest BCUT2D eigenvalue weighted by Crippen LogP contribution is -2.26. The van der Waals surface area contributed by atoms with Crippen molar-refractivity contribution in [1.82, 2.24) is 0 Å². The Labute approximate surface area is 157 Å². The average Bonchev–Trinajstić information content (AvgIpc) is 2.30. The van der Waals surface area contributed by atoms with E-state index in [0.29, 0.717) is 5.56 Å². The predicted molar refractivity (Wildman–Crippen MR) is 101 cm³/mol. The summed E-state index contributed by atoms with van der Waals surface area (Å²) in [6.45, 7) is 10.4. The first-order valence-corrected chi connectivity index (χ1v) is 10.1. The van der Waals surface area contributed by atoms with E-state index in [2.05, 4.69) is 0 Å². The van der Waals surface area contributed by atoms with Gasteiger partial charge < -0.3 is 5.73 Å². The van der Waals surface area contributed by atoms with Gasteiger partial charge in [0.05, 0.1) is 23.9 Å². The molecule has 1 rings (SSSR count). The summed E-state index contributed by atoms with van der Waals surface area (Å²) in [7, 11) is -3.84. The highest BCUT2D eigenvalue weighted by Gasteiger charge is 2.37. The molecule has 1 atom stereocenters. The van der Waals surface area contributed by atoms with E-state index in [4.69, 9.17) is 19.3 Å². The van der Waals surface area contributed by atoms with Gasteiger partial charge in [0.2, 0.25) is 0 Å². The molecule has 2 N–H and O–H groups in total. The minimum atomic E-state index is -3.84. The number of rotatable bonds is 6. The van der Waals surface area contributed by atoms with Crippen LogP contribution in [0.25, 0.3) is 0 Å². The van der Waals surface area contributed by atoms with E-state index in [9.17, 15) is 8.96 Å². The Balaban J connectivity index is 2.89.